The molecule has 0 saturated carbocycles. The molecule has 2 atom stereocenters. The molecule has 0 unspecified atom stereocenters. The van der Waals surface area contributed by atoms with E-state index in [9.17, 15) is 9.59 Å². The van der Waals surface area contributed by atoms with Crippen molar-refractivity contribution in [1.29, 1.82) is 0 Å². The van der Waals surface area contributed by atoms with Gasteiger partial charge in [-0.25, -0.2) is 0 Å². The van der Waals surface area contributed by atoms with E-state index in [-0.39, 0.29) is 30.4 Å². The van der Waals surface area contributed by atoms with E-state index < -0.39 is 0 Å². The van der Waals surface area contributed by atoms with Crippen LogP contribution in [0.1, 0.15) is 38.8 Å². The van der Waals surface area contributed by atoms with Crippen molar-refractivity contribution in [3.05, 3.63) is 60.2 Å². The maximum Gasteiger partial charge on any atom is 0.285 e. The Balaban J connectivity index is 1.79. The van der Waals surface area contributed by atoms with Gasteiger partial charge in [0.25, 0.3) is 5.91 Å². The van der Waals surface area contributed by atoms with Crippen LogP contribution in [-0.4, -0.2) is 24.4 Å². The van der Waals surface area contributed by atoms with Crippen LogP contribution in [0.25, 0.3) is 0 Å². The van der Waals surface area contributed by atoms with Crippen LogP contribution in [0.15, 0.2) is 54.6 Å². The number of hydrogen-bond donors (Lipinski definition) is 2. The third kappa shape index (κ3) is 4.55. The normalized spacial score (nSPS) is 15.9. The first-order chi connectivity index (χ1) is 13.0. The number of nitrogens with zero attached hydrogens (tertiary/aromatic N) is 1. The molecule has 1 aliphatic heterocycles. The minimum atomic E-state index is -0.284. The first-order valence-electron chi connectivity index (χ1n) is 9.56. The van der Waals surface area contributed by atoms with E-state index in [2.05, 4.69) is 36.6 Å². The van der Waals surface area contributed by atoms with E-state index in [1.807, 2.05) is 49.4 Å². The van der Waals surface area contributed by atoms with Crippen LogP contribution >= 0.6 is 0 Å². The number of para-hydroxylation sites is 2. The van der Waals surface area contributed by atoms with Crippen LogP contribution in [0.3, 0.4) is 0 Å². The van der Waals surface area contributed by atoms with E-state index in [1.54, 1.807) is 4.90 Å². The van der Waals surface area contributed by atoms with Crippen molar-refractivity contribution in [1.82, 2.24) is 0 Å². The fourth-order valence-corrected chi connectivity index (χ4v) is 3.64. The molecule has 0 aromatic heterocycles. The van der Waals surface area contributed by atoms with E-state index in [0.29, 0.717) is 11.6 Å². The molecule has 2 amide bonds. The monoisotopic (exact) mass is 366 g/mol. The van der Waals surface area contributed by atoms with Crippen molar-refractivity contribution in [3.63, 3.8) is 0 Å². The molecular weight excluding hydrogens is 338 g/mol. The average molecular weight is 366 g/mol. The molecule has 3 N–H and O–H groups in total. The molecular formula is C22H28N3O2+. The smallest absolute Gasteiger partial charge is 0.285 e. The number of nitrogens with two attached hydrogens (primary N) is 1. The van der Waals surface area contributed by atoms with E-state index in [1.165, 1.54) is 5.56 Å². The maximum absolute atomic E-state index is 13.2. The van der Waals surface area contributed by atoms with Gasteiger partial charge in [0.2, 0.25) is 5.91 Å². The third-order valence-electron chi connectivity index (χ3n) is 4.90. The highest BCUT2D eigenvalue weighted by atomic mass is 16.2. The Morgan fingerprint density at radius 1 is 1.07 bits per heavy atom. The molecule has 27 heavy (non-hydrogen) atoms. The standard InChI is InChI=1S/C22H27N3O2/c1-15(2)13-19(17-9-5-4-6-10-17)23-16(3)22(27)25-14-21(26)24-18-11-7-8-12-20(18)25/h4-12,15-16,19,23H,13-14H2,1-3H3,(H,24,26)/p+1/t16-,19-/m1/s1. The summed E-state index contributed by atoms with van der Waals surface area (Å²) in [5.41, 5.74) is 2.68. The second-order valence-electron chi connectivity index (χ2n) is 7.62. The second-order valence-corrected chi connectivity index (χ2v) is 7.62. The van der Waals surface area contributed by atoms with Gasteiger partial charge in [-0.05, 0) is 25.0 Å². The van der Waals surface area contributed by atoms with Crippen LogP contribution in [0.4, 0.5) is 11.4 Å². The first-order valence-corrected chi connectivity index (χ1v) is 9.56. The number of nitrogens with one attached hydrogen (secondary N) is 1. The molecule has 0 radical (unpaired) electrons. The van der Waals surface area contributed by atoms with Gasteiger partial charge in [-0.2, -0.15) is 0 Å². The summed E-state index contributed by atoms with van der Waals surface area (Å²) in [6.07, 6.45) is 0.985. The highest BCUT2D eigenvalue weighted by Crippen LogP contribution is 2.29. The number of quaternary nitrogens is 1. The summed E-state index contributed by atoms with van der Waals surface area (Å²) in [6.45, 7) is 6.38. The summed E-state index contributed by atoms with van der Waals surface area (Å²) in [5, 5.41) is 4.97. The zero-order valence-corrected chi connectivity index (χ0v) is 16.2. The van der Waals surface area contributed by atoms with Crippen LogP contribution in [0.5, 0.6) is 0 Å². The van der Waals surface area contributed by atoms with Crippen LogP contribution in [-0.2, 0) is 9.59 Å². The molecule has 3 rings (SSSR count). The summed E-state index contributed by atoms with van der Waals surface area (Å²) < 4.78 is 0. The number of fused-ring (bicyclic) bond motifs is 1. The van der Waals surface area contributed by atoms with Crippen molar-refractivity contribution in [3.8, 4) is 0 Å². The van der Waals surface area contributed by atoms with Gasteiger partial charge in [0.05, 0.1) is 11.4 Å². The van der Waals surface area contributed by atoms with Gasteiger partial charge in [-0.15, -0.1) is 0 Å². The Morgan fingerprint density at radius 3 is 2.44 bits per heavy atom. The highest BCUT2D eigenvalue weighted by molar-refractivity contribution is 6.10. The maximum atomic E-state index is 13.2. The second kappa shape index (κ2) is 8.35. The van der Waals surface area contributed by atoms with Crippen LogP contribution in [0.2, 0.25) is 0 Å². The molecule has 0 saturated heterocycles. The first kappa shape index (κ1) is 19.1. The number of benzene rings is 2. The molecule has 142 valence electrons. The number of rotatable bonds is 6. The zero-order valence-electron chi connectivity index (χ0n) is 16.2. The van der Waals surface area contributed by atoms with Crippen molar-refractivity contribution in [2.45, 2.75) is 39.3 Å². The fourth-order valence-electron chi connectivity index (χ4n) is 3.64. The summed E-state index contributed by atoms with van der Waals surface area (Å²) >= 11 is 0. The predicted octanol–water partition coefficient (Wildman–Crippen LogP) is 2.71. The lowest BCUT2D eigenvalue weighted by Crippen LogP contribution is -2.93. The quantitative estimate of drug-likeness (QED) is 0.825. The molecule has 5 nitrogen and oxygen atoms in total. The Hall–Kier alpha value is -2.66. The van der Waals surface area contributed by atoms with E-state index in [0.717, 1.165) is 12.1 Å². The van der Waals surface area contributed by atoms with Crippen molar-refractivity contribution in [2.75, 3.05) is 16.8 Å². The molecule has 0 bridgehead atoms. The summed E-state index contributed by atoms with van der Waals surface area (Å²) in [6, 6.07) is 17.7. The van der Waals surface area contributed by atoms with Gasteiger partial charge in [0.15, 0.2) is 6.04 Å². The minimum Gasteiger partial charge on any atom is -0.330 e. The summed E-state index contributed by atoms with van der Waals surface area (Å²) in [4.78, 5) is 26.8. The zero-order chi connectivity index (χ0) is 19.4. The SMILES string of the molecule is CC(C)C[C@@H]([NH2+][C@H](C)C(=O)N1CC(=O)Nc2ccccc21)c1ccccc1. The lowest BCUT2D eigenvalue weighted by Gasteiger charge is -2.31. The van der Waals surface area contributed by atoms with Gasteiger partial charge in [-0.1, -0.05) is 56.3 Å². The van der Waals surface area contributed by atoms with Crippen molar-refractivity contribution >= 4 is 23.2 Å². The van der Waals surface area contributed by atoms with Crippen LogP contribution in [0, 0.1) is 5.92 Å². The lowest BCUT2D eigenvalue weighted by atomic mass is 9.96. The van der Waals surface area contributed by atoms with E-state index in [4.69, 9.17) is 0 Å². The molecule has 5 heteroatoms. The largest absolute Gasteiger partial charge is 0.330 e. The van der Waals surface area contributed by atoms with Crippen LogP contribution < -0.4 is 15.5 Å². The average Bonchev–Trinajstić information content (AvgIpc) is 2.66. The van der Waals surface area contributed by atoms with Gasteiger partial charge in [0.1, 0.15) is 12.6 Å². The number of carbonyl (C=O) groups excluding carboxylic acids is 2. The Kier molecular flexibility index (Phi) is 5.91. The Morgan fingerprint density at radius 2 is 1.74 bits per heavy atom. The number of amides is 2. The Bertz CT molecular complexity index is 804. The number of hydrogen-bond acceptors (Lipinski definition) is 2. The Labute approximate surface area is 160 Å². The van der Waals surface area contributed by atoms with Gasteiger partial charge >= 0.3 is 0 Å². The molecule has 0 aliphatic carbocycles. The molecule has 0 spiro atoms. The van der Waals surface area contributed by atoms with E-state index >= 15 is 0 Å². The number of carbonyl (C=O) groups is 2. The third-order valence-corrected chi connectivity index (χ3v) is 4.90. The van der Waals surface area contributed by atoms with Crippen molar-refractivity contribution in [2.24, 2.45) is 5.92 Å². The molecule has 0 fully saturated rings. The molecule has 1 heterocycles. The van der Waals surface area contributed by atoms with Gasteiger partial charge in [0, 0.05) is 12.0 Å². The lowest BCUT2D eigenvalue weighted by molar-refractivity contribution is -0.714. The molecule has 2 aromatic rings. The van der Waals surface area contributed by atoms with Gasteiger partial charge in [-0.3, -0.25) is 14.5 Å². The minimum absolute atomic E-state index is 0.0398. The van der Waals surface area contributed by atoms with Crippen molar-refractivity contribution < 1.29 is 14.9 Å². The molecule has 2 aromatic carbocycles. The predicted molar refractivity (Wildman–Crippen MR) is 107 cm³/mol. The highest BCUT2D eigenvalue weighted by Gasteiger charge is 2.33. The summed E-state index contributed by atoms with van der Waals surface area (Å²) in [7, 11) is 0. The molecule has 1 aliphatic rings. The topological polar surface area (TPSA) is 66.0 Å². The fraction of sp³-hybridized carbons (Fsp3) is 0.364. The number of anilines is 2. The van der Waals surface area contributed by atoms with Gasteiger partial charge < -0.3 is 10.6 Å². The summed E-state index contributed by atoms with van der Waals surface area (Å²) in [5.74, 6) is 0.327.